The summed E-state index contributed by atoms with van der Waals surface area (Å²) in [5.41, 5.74) is 1.39. The molecule has 1 aromatic rings. The van der Waals surface area contributed by atoms with E-state index in [9.17, 15) is 4.79 Å². The Labute approximate surface area is 111 Å². The van der Waals surface area contributed by atoms with Gasteiger partial charge in [-0.25, -0.2) is 0 Å². The number of halogens is 1. The van der Waals surface area contributed by atoms with Crippen LogP contribution in [0.15, 0.2) is 18.2 Å². The van der Waals surface area contributed by atoms with Gasteiger partial charge in [0.2, 0.25) is 0 Å². The number of carbonyl (C=O) groups is 1. The molecule has 0 saturated carbocycles. The van der Waals surface area contributed by atoms with Crippen molar-refractivity contribution in [1.82, 2.24) is 4.90 Å². The van der Waals surface area contributed by atoms with Gasteiger partial charge in [0.1, 0.15) is 0 Å². The molecule has 1 atom stereocenters. The molecule has 1 heterocycles. The van der Waals surface area contributed by atoms with E-state index < -0.39 is 0 Å². The van der Waals surface area contributed by atoms with Crippen LogP contribution in [0.5, 0.6) is 0 Å². The second kappa shape index (κ2) is 5.69. The summed E-state index contributed by atoms with van der Waals surface area (Å²) in [6.45, 7) is 3.17. The molecular formula is C13H16ClNO3. The molecular weight excluding hydrogens is 254 g/mol. The number of carbonyl (C=O) groups excluding carboxylic acids is 1. The van der Waals surface area contributed by atoms with Crippen LogP contribution in [-0.2, 0) is 4.74 Å². The monoisotopic (exact) mass is 269 g/mol. The SMILES string of the molecule is Cc1cccc(C(=O)N2CCOC(CO)C2)c1Cl. The highest BCUT2D eigenvalue weighted by molar-refractivity contribution is 6.34. The Balaban J connectivity index is 2.18. The molecule has 0 radical (unpaired) electrons. The van der Waals surface area contributed by atoms with E-state index in [-0.39, 0.29) is 18.6 Å². The third-order valence-electron chi connectivity index (χ3n) is 3.05. The lowest BCUT2D eigenvalue weighted by Crippen LogP contribution is -2.47. The Kier molecular flexibility index (Phi) is 4.22. The fourth-order valence-corrected chi connectivity index (χ4v) is 2.20. The first kappa shape index (κ1) is 13.3. The van der Waals surface area contributed by atoms with E-state index in [0.29, 0.717) is 30.3 Å². The van der Waals surface area contributed by atoms with Gasteiger partial charge in [0.05, 0.1) is 29.9 Å². The van der Waals surface area contributed by atoms with Crippen LogP contribution in [0.1, 0.15) is 15.9 Å². The van der Waals surface area contributed by atoms with E-state index in [1.54, 1.807) is 11.0 Å². The highest BCUT2D eigenvalue weighted by atomic mass is 35.5. The third kappa shape index (κ3) is 2.66. The van der Waals surface area contributed by atoms with Gasteiger partial charge in [-0.1, -0.05) is 23.7 Å². The average molecular weight is 270 g/mol. The second-order valence-corrected chi connectivity index (χ2v) is 4.74. The van der Waals surface area contributed by atoms with E-state index in [2.05, 4.69) is 0 Å². The van der Waals surface area contributed by atoms with Crippen LogP contribution >= 0.6 is 11.6 Å². The summed E-state index contributed by atoms with van der Waals surface area (Å²) in [7, 11) is 0. The molecule has 1 unspecified atom stereocenters. The summed E-state index contributed by atoms with van der Waals surface area (Å²) >= 11 is 6.15. The summed E-state index contributed by atoms with van der Waals surface area (Å²) < 4.78 is 5.32. The lowest BCUT2D eigenvalue weighted by Gasteiger charge is -2.32. The molecule has 1 amide bonds. The molecule has 0 spiro atoms. The minimum absolute atomic E-state index is 0.0780. The number of hydrogen-bond donors (Lipinski definition) is 1. The molecule has 1 saturated heterocycles. The molecule has 0 aliphatic carbocycles. The predicted molar refractivity (Wildman–Crippen MR) is 68.9 cm³/mol. The summed E-state index contributed by atoms with van der Waals surface area (Å²) in [5, 5.41) is 9.57. The molecule has 1 fully saturated rings. The Morgan fingerprint density at radius 1 is 1.61 bits per heavy atom. The zero-order chi connectivity index (χ0) is 13.1. The van der Waals surface area contributed by atoms with Gasteiger partial charge in [-0.15, -0.1) is 0 Å². The topological polar surface area (TPSA) is 49.8 Å². The van der Waals surface area contributed by atoms with E-state index in [0.717, 1.165) is 5.56 Å². The standard InChI is InChI=1S/C13H16ClNO3/c1-9-3-2-4-11(12(9)14)13(17)15-5-6-18-10(7-15)8-16/h2-4,10,16H,5-8H2,1H3. The van der Waals surface area contributed by atoms with Crippen LogP contribution < -0.4 is 0 Å². The van der Waals surface area contributed by atoms with Crippen molar-refractivity contribution < 1.29 is 14.6 Å². The normalized spacial score (nSPS) is 19.9. The van der Waals surface area contributed by atoms with Gasteiger partial charge in [-0.05, 0) is 18.6 Å². The Morgan fingerprint density at radius 2 is 2.39 bits per heavy atom. The number of benzene rings is 1. The number of aliphatic hydroxyl groups excluding tert-OH is 1. The maximum absolute atomic E-state index is 12.3. The fourth-order valence-electron chi connectivity index (χ4n) is 2.00. The van der Waals surface area contributed by atoms with Gasteiger partial charge < -0.3 is 14.7 Å². The van der Waals surface area contributed by atoms with Gasteiger partial charge in [0, 0.05) is 13.1 Å². The van der Waals surface area contributed by atoms with E-state index in [1.165, 1.54) is 0 Å². The predicted octanol–water partition coefficient (Wildman–Crippen LogP) is 1.48. The first-order valence-corrected chi connectivity index (χ1v) is 6.28. The molecule has 98 valence electrons. The number of aliphatic hydroxyl groups is 1. The summed E-state index contributed by atoms with van der Waals surface area (Å²) in [5.74, 6) is -0.106. The van der Waals surface area contributed by atoms with Crippen LogP contribution in [0.25, 0.3) is 0 Å². The lowest BCUT2D eigenvalue weighted by molar-refractivity contribution is -0.0447. The van der Waals surface area contributed by atoms with E-state index in [1.807, 2.05) is 19.1 Å². The second-order valence-electron chi connectivity index (χ2n) is 4.36. The number of nitrogens with zero attached hydrogens (tertiary/aromatic N) is 1. The Hall–Kier alpha value is -1.10. The smallest absolute Gasteiger partial charge is 0.255 e. The number of rotatable bonds is 2. The highest BCUT2D eigenvalue weighted by Crippen LogP contribution is 2.22. The summed E-state index contributed by atoms with van der Waals surface area (Å²) in [6, 6.07) is 5.41. The average Bonchev–Trinajstić information content (AvgIpc) is 2.41. The summed E-state index contributed by atoms with van der Waals surface area (Å²) in [4.78, 5) is 14.0. The first-order valence-electron chi connectivity index (χ1n) is 5.90. The molecule has 1 N–H and O–H groups in total. The number of ether oxygens (including phenoxy) is 1. The van der Waals surface area contributed by atoms with Crippen molar-refractivity contribution in [3.63, 3.8) is 0 Å². The molecule has 1 aromatic carbocycles. The van der Waals surface area contributed by atoms with E-state index >= 15 is 0 Å². The van der Waals surface area contributed by atoms with Gasteiger partial charge >= 0.3 is 0 Å². The van der Waals surface area contributed by atoms with Crippen molar-refractivity contribution in [3.8, 4) is 0 Å². The van der Waals surface area contributed by atoms with Crippen molar-refractivity contribution in [2.75, 3.05) is 26.3 Å². The van der Waals surface area contributed by atoms with Crippen LogP contribution in [0.2, 0.25) is 5.02 Å². The Bertz CT molecular complexity index is 450. The first-order chi connectivity index (χ1) is 8.63. The quantitative estimate of drug-likeness (QED) is 0.885. The molecule has 0 aromatic heterocycles. The number of morpholine rings is 1. The molecule has 2 rings (SSSR count). The third-order valence-corrected chi connectivity index (χ3v) is 3.55. The van der Waals surface area contributed by atoms with Gasteiger partial charge in [-0.2, -0.15) is 0 Å². The number of amides is 1. The van der Waals surface area contributed by atoms with Crippen molar-refractivity contribution in [3.05, 3.63) is 34.3 Å². The zero-order valence-electron chi connectivity index (χ0n) is 10.2. The minimum Gasteiger partial charge on any atom is -0.394 e. The minimum atomic E-state index is -0.300. The molecule has 4 nitrogen and oxygen atoms in total. The van der Waals surface area contributed by atoms with Gasteiger partial charge in [-0.3, -0.25) is 4.79 Å². The molecule has 1 aliphatic rings. The number of hydrogen-bond acceptors (Lipinski definition) is 3. The van der Waals surface area contributed by atoms with Crippen LogP contribution in [-0.4, -0.2) is 48.3 Å². The van der Waals surface area contributed by atoms with Crippen LogP contribution in [0.4, 0.5) is 0 Å². The molecule has 5 heteroatoms. The molecule has 1 aliphatic heterocycles. The van der Waals surface area contributed by atoms with Crippen molar-refractivity contribution in [2.24, 2.45) is 0 Å². The van der Waals surface area contributed by atoms with Gasteiger partial charge in [0.25, 0.3) is 5.91 Å². The van der Waals surface area contributed by atoms with Gasteiger partial charge in [0.15, 0.2) is 0 Å². The maximum atomic E-state index is 12.3. The van der Waals surface area contributed by atoms with Crippen molar-refractivity contribution >= 4 is 17.5 Å². The summed E-state index contributed by atoms with van der Waals surface area (Å²) in [6.07, 6.45) is -0.300. The van der Waals surface area contributed by atoms with Crippen molar-refractivity contribution in [1.29, 1.82) is 0 Å². The Morgan fingerprint density at radius 3 is 3.11 bits per heavy atom. The maximum Gasteiger partial charge on any atom is 0.255 e. The molecule has 18 heavy (non-hydrogen) atoms. The van der Waals surface area contributed by atoms with Crippen molar-refractivity contribution in [2.45, 2.75) is 13.0 Å². The highest BCUT2D eigenvalue weighted by Gasteiger charge is 2.25. The number of aryl methyl sites for hydroxylation is 1. The fraction of sp³-hybridized carbons (Fsp3) is 0.462. The largest absolute Gasteiger partial charge is 0.394 e. The van der Waals surface area contributed by atoms with Crippen LogP contribution in [0, 0.1) is 6.92 Å². The molecule has 0 bridgehead atoms. The lowest BCUT2D eigenvalue weighted by atomic mass is 10.1. The zero-order valence-corrected chi connectivity index (χ0v) is 11.0. The van der Waals surface area contributed by atoms with Crippen LogP contribution in [0.3, 0.4) is 0 Å². The van der Waals surface area contributed by atoms with E-state index in [4.69, 9.17) is 21.4 Å².